The number of anilines is 2. The minimum Gasteiger partial charge on any atom is -0.399 e. The molecule has 1 aromatic rings. The maximum atomic E-state index is 11.7. The molecular formula is C14H22N2O2S. The molecule has 3 N–H and O–H groups in total. The molecule has 0 fully saturated rings. The molecule has 1 rings (SSSR count). The van der Waals surface area contributed by atoms with E-state index >= 15 is 0 Å². The van der Waals surface area contributed by atoms with Crippen LogP contribution in [0.5, 0.6) is 0 Å². The minimum atomic E-state index is -0.786. The smallest absolute Gasteiger partial charge is 0.224 e. The molecule has 0 saturated heterocycles. The van der Waals surface area contributed by atoms with E-state index in [1.165, 1.54) is 0 Å². The van der Waals surface area contributed by atoms with E-state index < -0.39 is 10.8 Å². The molecule has 1 unspecified atom stereocenters. The molecule has 0 bridgehead atoms. The molecule has 1 aromatic carbocycles. The third-order valence-corrected chi connectivity index (χ3v) is 4.16. The number of benzene rings is 1. The van der Waals surface area contributed by atoms with Crippen molar-refractivity contribution in [2.24, 2.45) is 0 Å². The molecule has 4 nitrogen and oxygen atoms in total. The normalized spacial score (nSPS) is 12.1. The van der Waals surface area contributed by atoms with Crippen LogP contribution in [0.2, 0.25) is 0 Å². The summed E-state index contributed by atoms with van der Waals surface area (Å²) in [5, 5.41) is 2.78. The van der Waals surface area contributed by atoms with Gasteiger partial charge >= 0.3 is 0 Å². The fourth-order valence-corrected chi connectivity index (χ4v) is 2.92. The Morgan fingerprint density at radius 1 is 1.32 bits per heavy atom. The Labute approximate surface area is 117 Å². The topological polar surface area (TPSA) is 72.2 Å². The number of carbonyl (C=O) groups excluding carboxylic acids is 1. The molecule has 1 amide bonds. The highest BCUT2D eigenvalue weighted by Crippen LogP contribution is 2.12. The average molecular weight is 282 g/mol. The van der Waals surface area contributed by atoms with Gasteiger partial charge in [-0.15, -0.1) is 0 Å². The SMILES string of the molecule is CCCCS(=O)CCCC(=O)Nc1cccc(N)c1. The number of unbranched alkanes of at least 4 members (excludes halogenated alkanes) is 1. The number of nitrogens with one attached hydrogen (secondary N) is 1. The number of rotatable bonds is 8. The van der Waals surface area contributed by atoms with Gasteiger partial charge in [-0.05, 0) is 31.0 Å². The van der Waals surface area contributed by atoms with E-state index in [9.17, 15) is 9.00 Å². The maximum absolute atomic E-state index is 11.7. The standard InChI is InChI=1S/C14H22N2O2S/c1-2-3-9-19(18)10-5-8-14(17)16-13-7-4-6-12(15)11-13/h4,6-7,11H,2-3,5,8-10,15H2,1H3,(H,16,17). The van der Waals surface area contributed by atoms with Gasteiger partial charge < -0.3 is 11.1 Å². The number of hydrogen-bond acceptors (Lipinski definition) is 3. The van der Waals surface area contributed by atoms with Crippen molar-refractivity contribution in [1.82, 2.24) is 0 Å². The molecule has 0 heterocycles. The summed E-state index contributed by atoms with van der Waals surface area (Å²) in [6.07, 6.45) is 3.10. The highest BCUT2D eigenvalue weighted by atomic mass is 32.2. The van der Waals surface area contributed by atoms with Gasteiger partial charge in [0.05, 0.1) is 0 Å². The van der Waals surface area contributed by atoms with Crippen LogP contribution in [0.4, 0.5) is 11.4 Å². The predicted molar refractivity (Wildman–Crippen MR) is 81.5 cm³/mol. The Kier molecular flexibility index (Phi) is 7.18. The van der Waals surface area contributed by atoms with Crippen molar-refractivity contribution in [3.63, 3.8) is 0 Å². The lowest BCUT2D eigenvalue weighted by atomic mass is 10.2. The first-order chi connectivity index (χ1) is 9.11. The third kappa shape index (κ3) is 6.96. The second kappa shape index (κ2) is 8.69. The van der Waals surface area contributed by atoms with Crippen LogP contribution in [0.15, 0.2) is 24.3 Å². The van der Waals surface area contributed by atoms with Gasteiger partial charge in [-0.25, -0.2) is 0 Å². The van der Waals surface area contributed by atoms with Crippen LogP contribution < -0.4 is 11.1 Å². The third-order valence-electron chi connectivity index (χ3n) is 2.67. The second-order valence-electron chi connectivity index (χ2n) is 4.48. The van der Waals surface area contributed by atoms with Crippen molar-refractivity contribution >= 4 is 28.1 Å². The van der Waals surface area contributed by atoms with Crippen molar-refractivity contribution in [3.05, 3.63) is 24.3 Å². The second-order valence-corrected chi connectivity index (χ2v) is 6.17. The number of amides is 1. The quantitative estimate of drug-likeness (QED) is 0.720. The van der Waals surface area contributed by atoms with Crippen molar-refractivity contribution in [3.8, 4) is 0 Å². The molecule has 0 aliphatic carbocycles. The largest absolute Gasteiger partial charge is 0.399 e. The van der Waals surface area contributed by atoms with E-state index in [4.69, 9.17) is 5.73 Å². The molecule has 1 atom stereocenters. The zero-order valence-electron chi connectivity index (χ0n) is 11.4. The number of hydrogen-bond donors (Lipinski definition) is 2. The monoisotopic (exact) mass is 282 g/mol. The maximum Gasteiger partial charge on any atom is 0.224 e. The van der Waals surface area contributed by atoms with E-state index in [0.717, 1.165) is 18.6 Å². The minimum absolute atomic E-state index is 0.0573. The van der Waals surface area contributed by atoms with Crippen molar-refractivity contribution in [2.75, 3.05) is 22.6 Å². The molecule has 0 aliphatic heterocycles. The predicted octanol–water partition coefficient (Wildman–Crippen LogP) is 2.54. The number of nitrogen functional groups attached to an aromatic ring is 1. The molecule has 0 saturated carbocycles. The Balaban J connectivity index is 2.23. The van der Waals surface area contributed by atoms with Crippen LogP contribution in [-0.2, 0) is 15.6 Å². The lowest BCUT2D eigenvalue weighted by Gasteiger charge is -2.06. The fourth-order valence-electron chi connectivity index (χ4n) is 1.64. The molecule has 0 aromatic heterocycles. The van der Waals surface area contributed by atoms with E-state index in [0.29, 0.717) is 30.0 Å². The van der Waals surface area contributed by atoms with Crippen LogP contribution in [0, 0.1) is 0 Å². The van der Waals surface area contributed by atoms with Crippen LogP contribution in [0.1, 0.15) is 32.6 Å². The summed E-state index contributed by atoms with van der Waals surface area (Å²) in [6.45, 7) is 2.08. The summed E-state index contributed by atoms with van der Waals surface area (Å²) in [5.41, 5.74) is 6.96. The van der Waals surface area contributed by atoms with Gasteiger partial charge in [0.1, 0.15) is 0 Å². The van der Waals surface area contributed by atoms with Gasteiger partial charge in [0.2, 0.25) is 5.91 Å². The summed E-state index contributed by atoms with van der Waals surface area (Å²) in [4.78, 5) is 11.7. The highest BCUT2D eigenvalue weighted by Gasteiger charge is 2.05. The van der Waals surface area contributed by atoms with Crippen molar-refractivity contribution < 1.29 is 9.00 Å². The Morgan fingerprint density at radius 2 is 2.05 bits per heavy atom. The van der Waals surface area contributed by atoms with Gasteiger partial charge in [0.25, 0.3) is 0 Å². The first-order valence-electron chi connectivity index (χ1n) is 6.62. The summed E-state index contributed by atoms with van der Waals surface area (Å²) >= 11 is 0. The Morgan fingerprint density at radius 3 is 2.74 bits per heavy atom. The van der Waals surface area contributed by atoms with Gasteiger partial charge in [0, 0.05) is 40.1 Å². The fraction of sp³-hybridized carbons (Fsp3) is 0.500. The molecule has 0 radical (unpaired) electrons. The van der Waals surface area contributed by atoms with E-state index in [-0.39, 0.29) is 5.91 Å². The van der Waals surface area contributed by atoms with Gasteiger partial charge in [-0.2, -0.15) is 0 Å². The molecule has 0 aliphatic rings. The molecule has 19 heavy (non-hydrogen) atoms. The van der Waals surface area contributed by atoms with Gasteiger partial charge in [-0.3, -0.25) is 9.00 Å². The lowest BCUT2D eigenvalue weighted by Crippen LogP contribution is -2.13. The van der Waals surface area contributed by atoms with Gasteiger partial charge in [-0.1, -0.05) is 19.4 Å². The molecular weight excluding hydrogens is 260 g/mol. The molecule has 106 valence electrons. The van der Waals surface area contributed by atoms with Crippen molar-refractivity contribution in [2.45, 2.75) is 32.6 Å². The molecule has 0 spiro atoms. The van der Waals surface area contributed by atoms with E-state index in [1.807, 2.05) is 0 Å². The lowest BCUT2D eigenvalue weighted by molar-refractivity contribution is -0.116. The van der Waals surface area contributed by atoms with Crippen LogP contribution in [0.3, 0.4) is 0 Å². The van der Waals surface area contributed by atoms with E-state index in [2.05, 4.69) is 12.2 Å². The zero-order valence-corrected chi connectivity index (χ0v) is 12.2. The first kappa shape index (κ1) is 15.7. The number of carbonyl (C=O) groups is 1. The van der Waals surface area contributed by atoms with Crippen LogP contribution in [-0.4, -0.2) is 21.6 Å². The summed E-state index contributed by atoms with van der Waals surface area (Å²) < 4.78 is 11.5. The number of nitrogens with two attached hydrogens (primary N) is 1. The van der Waals surface area contributed by atoms with E-state index in [1.54, 1.807) is 24.3 Å². The van der Waals surface area contributed by atoms with Gasteiger partial charge in [0.15, 0.2) is 0 Å². The van der Waals surface area contributed by atoms with Crippen molar-refractivity contribution in [1.29, 1.82) is 0 Å². The Bertz CT molecular complexity index is 435. The molecule has 5 heteroatoms. The summed E-state index contributed by atoms with van der Waals surface area (Å²) in [7, 11) is -0.786. The van der Waals surface area contributed by atoms with Crippen LogP contribution in [0.25, 0.3) is 0 Å². The first-order valence-corrected chi connectivity index (χ1v) is 8.11. The average Bonchev–Trinajstić information content (AvgIpc) is 2.36. The zero-order chi connectivity index (χ0) is 14.1. The highest BCUT2D eigenvalue weighted by molar-refractivity contribution is 7.84. The summed E-state index contributed by atoms with van der Waals surface area (Å²) in [5.74, 6) is 1.29. The summed E-state index contributed by atoms with van der Waals surface area (Å²) in [6, 6.07) is 7.09. The Hall–Kier alpha value is -1.36. The van der Waals surface area contributed by atoms with Crippen LogP contribution >= 0.6 is 0 Å².